The average molecular weight is 416 g/mol. The molecule has 7 heteroatoms. The average Bonchev–Trinajstić information content (AvgIpc) is 2.70. The van der Waals surface area contributed by atoms with Gasteiger partial charge in [-0.25, -0.2) is 4.39 Å². The van der Waals surface area contributed by atoms with Gasteiger partial charge in [-0.1, -0.05) is 18.2 Å². The molecule has 30 heavy (non-hydrogen) atoms. The Hall–Kier alpha value is -2.64. The molecule has 3 rings (SSSR count). The minimum atomic E-state index is -0.343. The monoisotopic (exact) mass is 416 g/mol. The lowest BCUT2D eigenvalue weighted by Crippen LogP contribution is -2.42. The Morgan fingerprint density at radius 1 is 1.30 bits per heavy atom. The smallest absolute Gasteiger partial charge is 0.216 e. The third-order valence-electron chi connectivity index (χ3n) is 5.00. The van der Waals surface area contributed by atoms with Crippen LogP contribution in [0.25, 0.3) is 11.1 Å². The molecule has 0 bridgehead atoms. The number of hydrogen-bond acceptors (Lipinski definition) is 5. The van der Waals surface area contributed by atoms with E-state index in [9.17, 15) is 19.2 Å². The van der Waals surface area contributed by atoms with Gasteiger partial charge in [-0.2, -0.15) is 0 Å². The quantitative estimate of drug-likeness (QED) is 0.702. The number of nitrogens with zero attached hydrogens (tertiary/aromatic N) is 1. The molecule has 1 saturated heterocycles. The van der Waals surface area contributed by atoms with E-state index in [1.54, 1.807) is 30.3 Å². The molecule has 1 aliphatic rings. The highest BCUT2D eigenvalue weighted by Gasteiger charge is 2.31. The third kappa shape index (κ3) is 7.00. The van der Waals surface area contributed by atoms with E-state index in [1.165, 1.54) is 19.1 Å². The summed E-state index contributed by atoms with van der Waals surface area (Å²) in [5.74, 6) is -0.446. The molecule has 2 aromatic carbocycles. The highest BCUT2D eigenvalue weighted by atomic mass is 19.1. The Labute approximate surface area is 176 Å². The lowest BCUT2D eigenvalue weighted by Gasteiger charge is -2.34. The molecule has 1 aliphatic heterocycles. The Balaban J connectivity index is 0.000000297. The number of halogens is 1. The van der Waals surface area contributed by atoms with E-state index in [1.807, 2.05) is 13.8 Å². The van der Waals surface area contributed by atoms with Gasteiger partial charge in [0.05, 0.1) is 11.7 Å². The normalized spacial score (nSPS) is 17.4. The zero-order chi connectivity index (χ0) is 22.1. The van der Waals surface area contributed by atoms with Crippen molar-refractivity contribution in [2.24, 2.45) is 5.18 Å². The number of rotatable bonds is 5. The minimum Gasteiger partial charge on any atom is -0.390 e. The first kappa shape index (κ1) is 23.6. The maximum Gasteiger partial charge on any atom is 0.216 e. The molecule has 1 fully saturated rings. The second-order valence-electron chi connectivity index (χ2n) is 7.79. The van der Waals surface area contributed by atoms with Crippen LogP contribution in [0, 0.1) is 10.7 Å². The second kappa shape index (κ2) is 10.9. The number of carbonyl (C=O) groups excluding carboxylic acids is 1. The topological polar surface area (TPSA) is 88.0 Å². The number of carbonyl (C=O) groups is 1. The first-order valence-electron chi connectivity index (χ1n) is 10.0. The summed E-state index contributed by atoms with van der Waals surface area (Å²) in [6, 6.07) is 11.2. The number of nitrogens with one attached hydrogen (secondary N) is 1. The highest BCUT2D eigenvalue weighted by Crippen LogP contribution is 2.29. The van der Waals surface area contributed by atoms with Crippen LogP contribution in [-0.4, -0.2) is 35.9 Å². The Morgan fingerprint density at radius 2 is 2.07 bits per heavy atom. The summed E-state index contributed by atoms with van der Waals surface area (Å²) >= 11 is 0. The van der Waals surface area contributed by atoms with Gasteiger partial charge >= 0.3 is 0 Å². The number of amides is 1. The molecule has 0 aliphatic carbocycles. The summed E-state index contributed by atoms with van der Waals surface area (Å²) < 4.78 is 18.7. The molecule has 2 aromatic rings. The van der Waals surface area contributed by atoms with E-state index < -0.39 is 0 Å². The van der Waals surface area contributed by atoms with Gasteiger partial charge in [0.15, 0.2) is 0 Å². The van der Waals surface area contributed by atoms with Crippen LogP contribution < -0.4 is 5.32 Å². The van der Waals surface area contributed by atoms with E-state index in [2.05, 4.69) is 10.5 Å². The van der Waals surface area contributed by atoms with Crippen LogP contribution in [0.15, 0.2) is 47.6 Å². The summed E-state index contributed by atoms with van der Waals surface area (Å²) in [5, 5.41) is 14.9. The molecule has 0 radical (unpaired) electrons. The zero-order valence-electron chi connectivity index (χ0n) is 17.7. The molecule has 0 aromatic heterocycles. The summed E-state index contributed by atoms with van der Waals surface area (Å²) in [5.41, 5.74) is 2.33. The van der Waals surface area contributed by atoms with Crippen LogP contribution in [-0.2, 0) is 16.0 Å². The molecule has 6 nitrogen and oxygen atoms in total. The number of hydrogen-bond donors (Lipinski definition) is 2. The summed E-state index contributed by atoms with van der Waals surface area (Å²) in [6.45, 7) is 6.58. The molecular formula is C23H29FN2O4. The fourth-order valence-electron chi connectivity index (χ4n) is 3.19. The number of nitroso groups, excluding NO2 is 1. The van der Waals surface area contributed by atoms with Crippen molar-refractivity contribution in [2.75, 3.05) is 13.2 Å². The van der Waals surface area contributed by atoms with E-state index >= 15 is 0 Å². The third-order valence-corrected chi connectivity index (χ3v) is 5.00. The lowest BCUT2D eigenvalue weighted by molar-refractivity contribution is -0.132. The van der Waals surface area contributed by atoms with Crippen molar-refractivity contribution in [1.82, 2.24) is 5.32 Å². The van der Waals surface area contributed by atoms with Crippen LogP contribution in [0.2, 0.25) is 0 Å². The molecule has 1 atom stereocenters. The first-order valence-corrected chi connectivity index (χ1v) is 10.0. The number of benzene rings is 2. The van der Waals surface area contributed by atoms with Crippen molar-refractivity contribution in [2.45, 2.75) is 51.7 Å². The maximum atomic E-state index is 13.4. The largest absolute Gasteiger partial charge is 0.390 e. The molecule has 1 unspecified atom stereocenters. The molecule has 0 saturated carbocycles. The molecule has 162 valence electrons. The van der Waals surface area contributed by atoms with Crippen molar-refractivity contribution in [1.29, 1.82) is 0 Å². The maximum absolute atomic E-state index is 13.4. The van der Waals surface area contributed by atoms with Crippen molar-refractivity contribution >= 4 is 11.6 Å². The number of aliphatic hydroxyl groups is 1. The fraction of sp³-hybridized carbons (Fsp3) is 0.435. The van der Waals surface area contributed by atoms with Gasteiger partial charge in [-0.3, -0.25) is 4.79 Å². The standard InChI is InChI=1S/C16H15FN2O2.C7H14O2/c1-11(20)18-8-7-12-5-6-15(19-21)10-16(12)13-3-2-4-14(17)9-13;1-7(2)6(8)4-3-5-9-7/h2-6,9-10H,7-8H2,1H3,(H,18,20);6,8H,3-5H2,1-2H3. The minimum absolute atomic E-state index is 0.103. The lowest BCUT2D eigenvalue weighted by atomic mass is 9.95. The van der Waals surface area contributed by atoms with E-state index in [-0.39, 0.29) is 29.1 Å². The molecule has 1 heterocycles. The second-order valence-corrected chi connectivity index (χ2v) is 7.79. The van der Waals surface area contributed by atoms with Gasteiger partial charge in [0.25, 0.3) is 0 Å². The Kier molecular flexibility index (Phi) is 8.62. The van der Waals surface area contributed by atoms with Gasteiger partial charge < -0.3 is 15.2 Å². The predicted molar refractivity (Wildman–Crippen MR) is 115 cm³/mol. The van der Waals surface area contributed by atoms with Crippen LogP contribution in [0.5, 0.6) is 0 Å². The van der Waals surface area contributed by atoms with Crippen molar-refractivity contribution in [3.05, 3.63) is 58.8 Å². The fourth-order valence-corrected chi connectivity index (χ4v) is 3.19. The molecular weight excluding hydrogens is 387 g/mol. The Morgan fingerprint density at radius 3 is 2.63 bits per heavy atom. The van der Waals surface area contributed by atoms with E-state index in [0.717, 1.165) is 30.6 Å². The molecule has 2 N–H and O–H groups in total. The van der Waals surface area contributed by atoms with Gasteiger partial charge in [0.1, 0.15) is 11.5 Å². The van der Waals surface area contributed by atoms with Crippen molar-refractivity contribution in [3.63, 3.8) is 0 Å². The number of ether oxygens (including phenoxy) is 1. The highest BCUT2D eigenvalue weighted by molar-refractivity contribution is 5.73. The summed E-state index contributed by atoms with van der Waals surface area (Å²) in [7, 11) is 0. The summed E-state index contributed by atoms with van der Waals surface area (Å²) in [4.78, 5) is 21.6. The van der Waals surface area contributed by atoms with Crippen LogP contribution >= 0.6 is 0 Å². The van der Waals surface area contributed by atoms with Gasteiger partial charge in [0, 0.05) is 20.1 Å². The van der Waals surface area contributed by atoms with E-state index in [0.29, 0.717) is 18.5 Å². The summed E-state index contributed by atoms with van der Waals surface area (Å²) in [6.07, 6.45) is 2.19. The van der Waals surface area contributed by atoms with E-state index in [4.69, 9.17) is 4.74 Å². The zero-order valence-corrected chi connectivity index (χ0v) is 17.7. The SMILES string of the molecule is CC(=O)NCCc1ccc(N=O)cc1-c1cccc(F)c1.CC1(C)OCCCC1O. The van der Waals surface area contributed by atoms with Gasteiger partial charge in [-0.15, -0.1) is 4.91 Å². The van der Waals surface area contributed by atoms with Gasteiger partial charge in [-0.05, 0) is 79.2 Å². The number of aliphatic hydroxyl groups excluding tert-OH is 1. The van der Waals surface area contributed by atoms with Crippen LogP contribution in [0.3, 0.4) is 0 Å². The molecule has 0 spiro atoms. The predicted octanol–water partition coefficient (Wildman–Crippen LogP) is 4.51. The van der Waals surface area contributed by atoms with Crippen LogP contribution in [0.1, 0.15) is 39.2 Å². The first-order chi connectivity index (χ1) is 14.2. The van der Waals surface area contributed by atoms with Crippen molar-refractivity contribution in [3.8, 4) is 11.1 Å². The van der Waals surface area contributed by atoms with Crippen LogP contribution in [0.4, 0.5) is 10.1 Å². The Bertz CT molecular complexity index is 870. The molecule has 1 amide bonds. The van der Waals surface area contributed by atoms with Gasteiger partial charge in [0.2, 0.25) is 5.91 Å². The van der Waals surface area contributed by atoms with Crippen molar-refractivity contribution < 1.29 is 19.0 Å².